The van der Waals surface area contributed by atoms with Crippen LogP contribution >= 0.6 is 0 Å². The molecule has 0 saturated carbocycles. The number of nitrogens with one attached hydrogen (secondary N) is 3. The van der Waals surface area contributed by atoms with Gasteiger partial charge in [-0.15, -0.1) is 0 Å². The van der Waals surface area contributed by atoms with Crippen LogP contribution in [0.1, 0.15) is 10.4 Å². The predicted octanol–water partition coefficient (Wildman–Crippen LogP) is 2.59. The summed E-state index contributed by atoms with van der Waals surface area (Å²) in [7, 11) is -1.98. The summed E-state index contributed by atoms with van der Waals surface area (Å²) in [6.07, 6.45) is 0.00151. The third-order valence-electron chi connectivity index (χ3n) is 5.43. The highest BCUT2D eigenvalue weighted by molar-refractivity contribution is 7.92. The first kappa shape index (κ1) is 25.2. The van der Waals surface area contributed by atoms with E-state index in [1.807, 2.05) is 30.3 Å². The Balaban J connectivity index is 1.83. The molecule has 10 nitrogen and oxygen atoms in total. The zero-order chi connectivity index (χ0) is 25.9. The number of benzene rings is 3. The Labute approximate surface area is 208 Å². The van der Waals surface area contributed by atoms with Crippen molar-refractivity contribution in [2.45, 2.75) is 6.10 Å². The number of anilines is 3. The first-order chi connectivity index (χ1) is 17.2. The summed E-state index contributed by atoms with van der Waals surface area (Å²) in [4.78, 5) is 17.6. The highest BCUT2D eigenvalue weighted by Gasteiger charge is 2.18. The molecule has 0 spiro atoms. The van der Waals surface area contributed by atoms with Gasteiger partial charge in [0, 0.05) is 23.4 Å². The van der Waals surface area contributed by atoms with Crippen LogP contribution in [-0.4, -0.2) is 62.1 Å². The first-order valence-electron chi connectivity index (χ1n) is 11.0. The van der Waals surface area contributed by atoms with Crippen molar-refractivity contribution in [3.05, 3.63) is 66.2 Å². The smallest absolute Gasteiger partial charge is 0.253 e. The quantitative estimate of drug-likeness (QED) is 0.216. The van der Waals surface area contributed by atoms with Gasteiger partial charge in [0.15, 0.2) is 0 Å². The number of fused-ring (bicyclic) bond motifs is 2. The van der Waals surface area contributed by atoms with Gasteiger partial charge in [0.05, 0.1) is 59.7 Å². The summed E-state index contributed by atoms with van der Waals surface area (Å²) < 4.78 is 31.2. The Morgan fingerprint density at radius 2 is 1.83 bits per heavy atom. The molecule has 188 valence electrons. The van der Waals surface area contributed by atoms with Crippen LogP contribution < -0.4 is 20.1 Å². The zero-order valence-electron chi connectivity index (χ0n) is 19.6. The van der Waals surface area contributed by atoms with Crippen molar-refractivity contribution in [1.29, 1.82) is 0 Å². The number of amides is 1. The van der Waals surface area contributed by atoms with Crippen molar-refractivity contribution in [2.24, 2.45) is 0 Å². The number of nitrogens with zero attached hydrogens (tertiary/aromatic N) is 1. The molecule has 0 aliphatic carbocycles. The Bertz CT molecular complexity index is 1540. The van der Waals surface area contributed by atoms with E-state index in [0.29, 0.717) is 44.8 Å². The summed E-state index contributed by atoms with van der Waals surface area (Å²) in [5.41, 5.74) is 3.03. The second-order valence-electron chi connectivity index (χ2n) is 8.17. The molecule has 5 N–H and O–H groups in total. The average Bonchev–Trinajstić information content (AvgIpc) is 2.86. The summed E-state index contributed by atoms with van der Waals surface area (Å²) in [6, 6.07) is 17.5. The predicted molar refractivity (Wildman–Crippen MR) is 139 cm³/mol. The van der Waals surface area contributed by atoms with Crippen molar-refractivity contribution < 1.29 is 28.2 Å². The lowest BCUT2D eigenvalue weighted by Gasteiger charge is -2.18. The Kier molecular flexibility index (Phi) is 7.25. The van der Waals surface area contributed by atoms with Crippen LogP contribution in [0.2, 0.25) is 0 Å². The van der Waals surface area contributed by atoms with Gasteiger partial charge in [0.2, 0.25) is 10.0 Å². The van der Waals surface area contributed by atoms with Gasteiger partial charge in [-0.05, 0) is 24.3 Å². The largest absolute Gasteiger partial charge is 0.494 e. The van der Waals surface area contributed by atoms with Crippen LogP contribution in [0.3, 0.4) is 0 Å². The number of aromatic nitrogens is 1. The number of hydrogen-bond acceptors (Lipinski definition) is 8. The van der Waals surface area contributed by atoms with E-state index in [0.717, 1.165) is 11.6 Å². The molecule has 0 fully saturated rings. The van der Waals surface area contributed by atoms with Crippen LogP contribution in [0.25, 0.3) is 21.8 Å². The number of methoxy groups -OCH3 is 1. The molecule has 1 unspecified atom stereocenters. The normalized spacial score (nSPS) is 12.3. The molecule has 0 radical (unpaired) electrons. The number of ether oxygens (including phenoxy) is 1. The minimum atomic E-state index is -3.46. The topological polar surface area (TPSA) is 150 Å². The van der Waals surface area contributed by atoms with E-state index in [4.69, 9.17) is 14.8 Å². The van der Waals surface area contributed by atoms with Gasteiger partial charge in [-0.2, -0.15) is 0 Å². The Morgan fingerprint density at radius 1 is 1.08 bits per heavy atom. The maximum Gasteiger partial charge on any atom is 0.253 e. The molecular weight excluding hydrogens is 484 g/mol. The van der Waals surface area contributed by atoms with Gasteiger partial charge in [-0.3, -0.25) is 9.52 Å². The van der Waals surface area contributed by atoms with Crippen molar-refractivity contribution in [3.8, 4) is 5.75 Å². The highest BCUT2D eigenvalue weighted by Crippen LogP contribution is 2.37. The number of rotatable bonds is 9. The molecular formula is C25H26N4O6S. The third-order valence-corrected chi connectivity index (χ3v) is 6.04. The summed E-state index contributed by atoms with van der Waals surface area (Å²) in [6.45, 7) is -0.567. The minimum Gasteiger partial charge on any atom is -0.494 e. The summed E-state index contributed by atoms with van der Waals surface area (Å²) >= 11 is 0. The van der Waals surface area contributed by atoms with Gasteiger partial charge in [-0.25, -0.2) is 13.4 Å². The second-order valence-corrected chi connectivity index (χ2v) is 9.91. The van der Waals surface area contributed by atoms with Crippen LogP contribution in [-0.2, 0) is 10.0 Å². The van der Waals surface area contributed by atoms with E-state index in [2.05, 4.69) is 15.4 Å². The summed E-state index contributed by atoms with van der Waals surface area (Å²) in [5, 5.41) is 26.1. The Hall–Kier alpha value is -3.93. The fourth-order valence-electron chi connectivity index (χ4n) is 3.81. The Morgan fingerprint density at radius 3 is 2.56 bits per heavy atom. The van der Waals surface area contributed by atoms with E-state index in [1.54, 1.807) is 30.3 Å². The molecule has 36 heavy (non-hydrogen) atoms. The van der Waals surface area contributed by atoms with Crippen LogP contribution in [0.4, 0.5) is 17.1 Å². The number of hydrogen-bond donors (Lipinski definition) is 5. The van der Waals surface area contributed by atoms with Crippen molar-refractivity contribution in [2.75, 3.05) is 36.6 Å². The molecule has 0 bridgehead atoms. The van der Waals surface area contributed by atoms with Gasteiger partial charge < -0.3 is 25.6 Å². The van der Waals surface area contributed by atoms with Crippen molar-refractivity contribution in [1.82, 2.24) is 10.3 Å². The molecule has 11 heteroatoms. The van der Waals surface area contributed by atoms with Crippen LogP contribution in [0, 0.1) is 0 Å². The molecule has 1 heterocycles. The molecule has 4 aromatic rings. The molecule has 3 aromatic carbocycles. The fraction of sp³-hybridized carbons (Fsp3) is 0.200. The minimum absolute atomic E-state index is 0.102. The molecule has 4 rings (SSSR count). The molecule has 0 aliphatic heterocycles. The highest BCUT2D eigenvalue weighted by atomic mass is 32.2. The van der Waals surface area contributed by atoms with Gasteiger partial charge in [0.25, 0.3) is 5.91 Å². The van der Waals surface area contributed by atoms with Gasteiger partial charge in [0.1, 0.15) is 5.75 Å². The lowest BCUT2D eigenvalue weighted by molar-refractivity contribution is 0.0803. The van der Waals surface area contributed by atoms with Gasteiger partial charge >= 0.3 is 0 Å². The van der Waals surface area contributed by atoms with Crippen LogP contribution in [0.5, 0.6) is 5.75 Å². The summed E-state index contributed by atoms with van der Waals surface area (Å²) in [5.74, 6) is -0.0276. The average molecular weight is 511 g/mol. The number of aliphatic hydroxyl groups excluding tert-OH is 2. The molecule has 1 aromatic heterocycles. The van der Waals surface area contributed by atoms with E-state index in [1.165, 1.54) is 7.11 Å². The fourth-order valence-corrected chi connectivity index (χ4v) is 4.36. The monoisotopic (exact) mass is 510 g/mol. The van der Waals surface area contributed by atoms with Gasteiger partial charge in [-0.1, -0.05) is 30.3 Å². The maximum atomic E-state index is 12.9. The lowest BCUT2D eigenvalue weighted by Crippen LogP contribution is -2.34. The number of para-hydroxylation sites is 2. The van der Waals surface area contributed by atoms with Crippen molar-refractivity contribution >= 4 is 54.8 Å². The number of carbonyl (C=O) groups excluding carboxylic acids is 1. The number of sulfonamides is 1. The molecule has 0 aliphatic rings. The zero-order valence-corrected chi connectivity index (χ0v) is 20.5. The van der Waals surface area contributed by atoms with Crippen molar-refractivity contribution in [3.63, 3.8) is 0 Å². The number of pyridine rings is 1. The SMILES string of the molecule is COc1cc(NS(C)(=O)=O)ccc1Nc1c2ccccc2nc2c(C(=O)NCC(O)CO)cccc12. The third kappa shape index (κ3) is 5.48. The van der Waals surface area contributed by atoms with E-state index >= 15 is 0 Å². The maximum absolute atomic E-state index is 12.9. The van der Waals surface area contributed by atoms with E-state index in [9.17, 15) is 18.3 Å². The molecule has 1 atom stereocenters. The van der Waals surface area contributed by atoms with E-state index < -0.39 is 28.6 Å². The van der Waals surface area contributed by atoms with E-state index in [-0.39, 0.29) is 6.54 Å². The number of carbonyl (C=O) groups is 1. The second kappa shape index (κ2) is 10.4. The number of aliphatic hydroxyl groups is 2. The standard InChI is InChI=1S/C25H26N4O6S/c1-35-22-12-15(29-36(2,33)34)10-11-21(22)28-23-17-6-3-4-9-20(17)27-24-18(23)7-5-8-19(24)25(32)26-13-16(31)14-30/h3-12,16,29-31H,13-14H2,1-2H3,(H,26,32)(H,27,28). The van der Waals surface area contributed by atoms with Crippen LogP contribution in [0.15, 0.2) is 60.7 Å². The lowest BCUT2D eigenvalue weighted by atomic mass is 10.0. The molecule has 0 saturated heterocycles. The first-order valence-corrected chi connectivity index (χ1v) is 12.9. The molecule has 1 amide bonds.